The minimum Gasteiger partial charge on any atom is -0.493 e. The molecule has 0 fully saturated rings. The zero-order valence-corrected chi connectivity index (χ0v) is 17.8. The number of ether oxygens (including phenoxy) is 3. The highest BCUT2D eigenvalue weighted by Gasteiger charge is 2.17. The van der Waals surface area contributed by atoms with E-state index in [1.165, 1.54) is 13.2 Å². The zero-order chi connectivity index (χ0) is 21.8. The van der Waals surface area contributed by atoms with Gasteiger partial charge in [0.15, 0.2) is 24.7 Å². The smallest absolute Gasteiger partial charge is 0.331 e. The topological polar surface area (TPSA) is 88.9 Å². The van der Waals surface area contributed by atoms with Crippen LogP contribution in [0.15, 0.2) is 24.3 Å². The van der Waals surface area contributed by atoms with Crippen molar-refractivity contribution >= 4 is 18.0 Å². The first-order valence-electron chi connectivity index (χ1n) is 9.57. The maximum atomic E-state index is 12.4. The molecule has 0 saturated carbocycles. The number of amides is 1. The number of methoxy groups -OCH3 is 1. The van der Waals surface area contributed by atoms with E-state index in [-0.39, 0.29) is 19.1 Å². The number of hydrogen-bond donors (Lipinski definition) is 0. The van der Waals surface area contributed by atoms with Gasteiger partial charge < -0.3 is 19.1 Å². The molecule has 0 saturated heterocycles. The molecule has 1 aromatic carbocycles. The normalized spacial score (nSPS) is 10.8. The van der Waals surface area contributed by atoms with Gasteiger partial charge in [-0.3, -0.25) is 4.79 Å². The second-order valence-electron chi connectivity index (χ2n) is 7.38. The Kier molecular flexibility index (Phi) is 10.3. The Balaban J connectivity index is 2.66. The Morgan fingerprint density at radius 2 is 1.79 bits per heavy atom. The lowest BCUT2D eigenvalue weighted by molar-refractivity contribution is -0.148. The molecule has 1 amide bonds. The third-order valence-corrected chi connectivity index (χ3v) is 3.75. The van der Waals surface area contributed by atoms with Crippen molar-refractivity contribution in [1.29, 1.82) is 5.26 Å². The largest absolute Gasteiger partial charge is 0.493 e. The van der Waals surface area contributed by atoms with Gasteiger partial charge in [-0.25, -0.2) is 4.79 Å². The second-order valence-corrected chi connectivity index (χ2v) is 7.38. The van der Waals surface area contributed by atoms with Crippen molar-refractivity contribution in [3.8, 4) is 17.6 Å². The lowest BCUT2D eigenvalue weighted by Crippen LogP contribution is -2.39. The van der Waals surface area contributed by atoms with E-state index in [2.05, 4.69) is 0 Å². The summed E-state index contributed by atoms with van der Waals surface area (Å²) < 4.78 is 15.6. The van der Waals surface area contributed by atoms with Crippen molar-refractivity contribution in [3.05, 3.63) is 29.8 Å². The van der Waals surface area contributed by atoms with Crippen molar-refractivity contribution in [1.82, 2.24) is 4.90 Å². The molecule has 0 aliphatic carbocycles. The van der Waals surface area contributed by atoms with E-state index >= 15 is 0 Å². The molecule has 7 nitrogen and oxygen atoms in total. The third-order valence-electron chi connectivity index (χ3n) is 3.75. The lowest BCUT2D eigenvalue weighted by atomic mass is 10.1. The van der Waals surface area contributed by atoms with Crippen molar-refractivity contribution in [2.24, 2.45) is 11.8 Å². The van der Waals surface area contributed by atoms with Gasteiger partial charge in [0, 0.05) is 19.2 Å². The molecule has 0 aromatic heterocycles. The summed E-state index contributed by atoms with van der Waals surface area (Å²) in [6.07, 6.45) is 2.82. The van der Waals surface area contributed by atoms with Crippen LogP contribution in [0.4, 0.5) is 0 Å². The van der Waals surface area contributed by atoms with Crippen LogP contribution in [-0.4, -0.2) is 50.2 Å². The van der Waals surface area contributed by atoms with Gasteiger partial charge >= 0.3 is 5.97 Å². The molecule has 0 bridgehead atoms. The monoisotopic (exact) mass is 402 g/mol. The summed E-state index contributed by atoms with van der Waals surface area (Å²) in [4.78, 5) is 26.1. The van der Waals surface area contributed by atoms with Crippen LogP contribution in [0.25, 0.3) is 6.08 Å². The van der Waals surface area contributed by atoms with Crippen LogP contribution in [0.1, 0.15) is 33.3 Å². The van der Waals surface area contributed by atoms with Gasteiger partial charge in [0.25, 0.3) is 5.91 Å². The molecule has 1 aromatic rings. The highest BCUT2D eigenvalue weighted by molar-refractivity contribution is 5.89. The molecular weight excluding hydrogens is 372 g/mol. The predicted octanol–water partition coefficient (Wildman–Crippen LogP) is 3.29. The van der Waals surface area contributed by atoms with Crippen LogP contribution in [0.5, 0.6) is 11.5 Å². The van der Waals surface area contributed by atoms with E-state index < -0.39 is 5.97 Å². The van der Waals surface area contributed by atoms with E-state index in [0.717, 1.165) is 0 Å². The lowest BCUT2D eigenvalue weighted by Gasteiger charge is -2.26. The van der Waals surface area contributed by atoms with Crippen LogP contribution in [-0.2, 0) is 14.3 Å². The molecule has 0 heterocycles. The summed E-state index contributed by atoms with van der Waals surface area (Å²) in [7, 11) is 1.49. The second kappa shape index (κ2) is 12.4. The van der Waals surface area contributed by atoms with E-state index in [4.69, 9.17) is 19.5 Å². The highest BCUT2D eigenvalue weighted by atomic mass is 16.5. The maximum Gasteiger partial charge on any atom is 0.331 e. The molecule has 0 spiro atoms. The molecule has 158 valence electrons. The van der Waals surface area contributed by atoms with Crippen molar-refractivity contribution in [2.45, 2.75) is 27.7 Å². The van der Waals surface area contributed by atoms with Crippen molar-refractivity contribution in [3.63, 3.8) is 0 Å². The van der Waals surface area contributed by atoms with E-state index in [1.807, 2.05) is 33.8 Å². The molecule has 29 heavy (non-hydrogen) atoms. The molecule has 0 aliphatic rings. The fraction of sp³-hybridized carbons (Fsp3) is 0.500. The number of nitrogens with zero attached hydrogens (tertiary/aromatic N) is 2. The van der Waals surface area contributed by atoms with Crippen LogP contribution < -0.4 is 9.47 Å². The number of carbonyl (C=O) groups is 2. The summed E-state index contributed by atoms with van der Waals surface area (Å²) in [5.41, 5.74) is 0.690. The quantitative estimate of drug-likeness (QED) is 0.417. The Labute approximate surface area is 172 Å². The average molecular weight is 402 g/mol. The Bertz CT molecular complexity index is 740. The third kappa shape index (κ3) is 9.15. The molecule has 1 rings (SSSR count). The number of rotatable bonds is 11. The van der Waals surface area contributed by atoms with Gasteiger partial charge in [0.05, 0.1) is 7.11 Å². The molecular formula is C22H30N2O5. The van der Waals surface area contributed by atoms with E-state index in [0.29, 0.717) is 42.0 Å². The van der Waals surface area contributed by atoms with Crippen LogP contribution in [0.3, 0.4) is 0 Å². The van der Waals surface area contributed by atoms with Gasteiger partial charge in [-0.2, -0.15) is 5.26 Å². The molecule has 0 N–H and O–H groups in total. The summed E-state index contributed by atoms with van der Waals surface area (Å²) in [5, 5.41) is 8.60. The van der Waals surface area contributed by atoms with Crippen molar-refractivity contribution in [2.75, 3.05) is 33.4 Å². The summed E-state index contributed by atoms with van der Waals surface area (Å²) in [6, 6.07) is 6.94. The number of nitriles is 1. The first-order valence-corrected chi connectivity index (χ1v) is 9.57. The first kappa shape index (κ1) is 24.0. The summed E-state index contributed by atoms with van der Waals surface area (Å²) in [6.45, 7) is 9.05. The average Bonchev–Trinajstić information content (AvgIpc) is 2.67. The van der Waals surface area contributed by atoms with Crippen LogP contribution in [0, 0.1) is 23.2 Å². The van der Waals surface area contributed by atoms with Gasteiger partial charge in [-0.05, 0) is 35.6 Å². The Hall–Kier alpha value is -3.01. The van der Waals surface area contributed by atoms with Gasteiger partial charge in [-0.15, -0.1) is 0 Å². The zero-order valence-electron chi connectivity index (χ0n) is 17.8. The molecule has 0 radical (unpaired) electrons. The minimum absolute atomic E-state index is 0.0868. The fourth-order valence-electron chi connectivity index (χ4n) is 2.61. The SMILES string of the molecule is COc1cc(/C=C/C(=O)OCC(=O)N(CC(C)C)CC(C)C)ccc1OCC#N. The van der Waals surface area contributed by atoms with Crippen LogP contribution in [0.2, 0.25) is 0 Å². The number of esters is 1. The minimum atomic E-state index is -0.601. The van der Waals surface area contributed by atoms with E-state index in [9.17, 15) is 9.59 Å². The standard InChI is InChI=1S/C22H30N2O5/c1-16(2)13-24(14-17(3)4)21(25)15-29-22(26)9-7-18-6-8-19(28-11-10-23)20(12-18)27-5/h6-9,12,16-17H,11,13-15H2,1-5H3/b9-7+. The number of benzene rings is 1. The maximum absolute atomic E-state index is 12.4. The molecule has 0 aliphatic heterocycles. The first-order chi connectivity index (χ1) is 13.8. The molecule has 0 unspecified atom stereocenters. The Morgan fingerprint density at radius 3 is 2.34 bits per heavy atom. The van der Waals surface area contributed by atoms with Crippen LogP contribution >= 0.6 is 0 Å². The molecule has 0 atom stereocenters. The van der Waals surface area contributed by atoms with Gasteiger partial charge in [-0.1, -0.05) is 33.8 Å². The number of hydrogen-bond acceptors (Lipinski definition) is 6. The van der Waals surface area contributed by atoms with Gasteiger partial charge in [0.1, 0.15) is 6.07 Å². The predicted molar refractivity (Wildman–Crippen MR) is 110 cm³/mol. The highest BCUT2D eigenvalue weighted by Crippen LogP contribution is 2.28. The van der Waals surface area contributed by atoms with Gasteiger partial charge in [0.2, 0.25) is 0 Å². The van der Waals surface area contributed by atoms with E-state index in [1.54, 1.807) is 29.2 Å². The van der Waals surface area contributed by atoms with Crippen molar-refractivity contribution < 1.29 is 23.8 Å². The Morgan fingerprint density at radius 1 is 1.14 bits per heavy atom. The summed E-state index contributed by atoms with van der Waals surface area (Å²) in [5.74, 6) is 0.761. The summed E-state index contributed by atoms with van der Waals surface area (Å²) >= 11 is 0. The molecule has 7 heteroatoms. The fourth-order valence-corrected chi connectivity index (χ4v) is 2.61. The number of carbonyl (C=O) groups excluding carboxylic acids is 2.